The molecule has 0 aliphatic carbocycles. The quantitative estimate of drug-likeness (QED) is 0.427. The van der Waals surface area contributed by atoms with E-state index in [1.165, 1.54) is 37.6 Å². The van der Waals surface area contributed by atoms with E-state index in [0.717, 1.165) is 22.4 Å². The second-order valence-electron chi connectivity index (χ2n) is 7.51. The largest absolute Gasteiger partial charge is 0.416 e. The molecule has 0 saturated carbocycles. The molecule has 11 heteroatoms. The Morgan fingerprint density at radius 1 is 1.12 bits per heavy atom. The molecule has 34 heavy (non-hydrogen) atoms. The number of alkyl halides is 3. The minimum Gasteiger partial charge on any atom is -0.399 e. The first-order valence-electron chi connectivity index (χ1n) is 10.0. The van der Waals surface area contributed by atoms with Crippen LogP contribution in [0.5, 0.6) is 0 Å². The molecular formula is C23H18F3N5O3. The van der Waals surface area contributed by atoms with E-state index in [1.807, 2.05) is 0 Å². The summed E-state index contributed by atoms with van der Waals surface area (Å²) in [4.78, 5) is 25.2. The second kappa shape index (κ2) is 8.85. The van der Waals surface area contributed by atoms with Crippen molar-refractivity contribution in [1.82, 2.24) is 20.3 Å². The molecule has 3 N–H and O–H groups in total. The van der Waals surface area contributed by atoms with Crippen LogP contribution in [0, 0.1) is 0 Å². The molecule has 174 valence electrons. The number of aromatic nitrogens is 3. The number of nitrogens with zero attached hydrogens (tertiary/aromatic N) is 3. The van der Waals surface area contributed by atoms with Gasteiger partial charge in [-0.2, -0.15) is 23.0 Å². The van der Waals surface area contributed by atoms with E-state index in [1.54, 1.807) is 24.3 Å². The van der Waals surface area contributed by atoms with Gasteiger partial charge in [0.2, 0.25) is 0 Å². The van der Waals surface area contributed by atoms with Gasteiger partial charge in [-0.25, -0.2) is 0 Å². The normalized spacial score (nSPS) is 12.4. The number of carbonyl (C=O) groups excluding carboxylic acids is 1. The van der Waals surface area contributed by atoms with Gasteiger partial charge in [0, 0.05) is 17.3 Å². The number of nitrogens with two attached hydrogens (primary N) is 1. The Hall–Kier alpha value is -4.41. The third kappa shape index (κ3) is 4.82. The standard InChI is InChI=1S/C23H18F3N5O3/c1-13(15-7-17(23(24,25)26)10-18(27)8-15)29-22(33)20-5-6-21(32)31(30-20)19-4-2-3-14(9-19)16-11-28-34-12-16/h2-13H,27H2,1H3,(H,29,33)/t13-/m1/s1. The maximum Gasteiger partial charge on any atom is 0.416 e. The number of carbonyl (C=O) groups is 1. The minimum absolute atomic E-state index is 0.0784. The fourth-order valence-corrected chi connectivity index (χ4v) is 3.33. The van der Waals surface area contributed by atoms with Crippen LogP contribution in [0.2, 0.25) is 0 Å². The number of nitrogens with one attached hydrogen (secondary N) is 1. The molecule has 2 aromatic carbocycles. The summed E-state index contributed by atoms with van der Waals surface area (Å²) in [5, 5.41) is 10.4. The first-order valence-corrected chi connectivity index (χ1v) is 10.0. The van der Waals surface area contributed by atoms with Crippen molar-refractivity contribution >= 4 is 11.6 Å². The first-order chi connectivity index (χ1) is 16.1. The van der Waals surface area contributed by atoms with Crippen molar-refractivity contribution in [2.75, 3.05) is 5.73 Å². The van der Waals surface area contributed by atoms with Crippen LogP contribution in [0.3, 0.4) is 0 Å². The number of nitrogen functional groups attached to an aromatic ring is 1. The van der Waals surface area contributed by atoms with Crippen LogP contribution in [0.4, 0.5) is 18.9 Å². The molecule has 1 amide bonds. The summed E-state index contributed by atoms with van der Waals surface area (Å²) in [7, 11) is 0. The second-order valence-corrected chi connectivity index (χ2v) is 7.51. The summed E-state index contributed by atoms with van der Waals surface area (Å²) < 4.78 is 45.2. The maximum atomic E-state index is 13.1. The zero-order chi connectivity index (χ0) is 24.5. The Kier molecular flexibility index (Phi) is 5.93. The number of hydrogen-bond donors (Lipinski definition) is 2. The lowest BCUT2D eigenvalue weighted by Gasteiger charge is -2.17. The van der Waals surface area contributed by atoms with Crippen LogP contribution in [0.25, 0.3) is 16.8 Å². The van der Waals surface area contributed by atoms with Gasteiger partial charge in [0.15, 0.2) is 0 Å². The molecule has 4 aromatic rings. The van der Waals surface area contributed by atoms with Gasteiger partial charge in [-0.3, -0.25) is 9.59 Å². The summed E-state index contributed by atoms with van der Waals surface area (Å²) in [5.41, 5.74) is 6.04. The fourth-order valence-electron chi connectivity index (χ4n) is 3.33. The Bertz CT molecular complexity index is 1400. The van der Waals surface area contributed by atoms with Gasteiger partial charge >= 0.3 is 6.18 Å². The van der Waals surface area contributed by atoms with Gasteiger partial charge in [0.05, 0.1) is 23.5 Å². The Morgan fingerprint density at radius 3 is 2.62 bits per heavy atom. The molecule has 0 fully saturated rings. The average molecular weight is 469 g/mol. The van der Waals surface area contributed by atoms with Crippen LogP contribution >= 0.6 is 0 Å². The van der Waals surface area contributed by atoms with Crippen molar-refractivity contribution in [3.63, 3.8) is 0 Å². The van der Waals surface area contributed by atoms with E-state index in [4.69, 9.17) is 10.3 Å². The predicted molar refractivity (Wildman–Crippen MR) is 117 cm³/mol. The molecule has 2 aromatic heterocycles. The smallest absolute Gasteiger partial charge is 0.399 e. The van der Waals surface area contributed by atoms with Gasteiger partial charge in [0.1, 0.15) is 12.0 Å². The molecule has 0 aliphatic rings. The summed E-state index contributed by atoms with van der Waals surface area (Å²) >= 11 is 0. The van der Waals surface area contributed by atoms with Crippen LogP contribution in [-0.2, 0) is 6.18 Å². The summed E-state index contributed by atoms with van der Waals surface area (Å²) in [6.07, 6.45) is -1.62. The highest BCUT2D eigenvalue weighted by molar-refractivity contribution is 5.92. The lowest BCUT2D eigenvalue weighted by Crippen LogP contribution is -2.30. The van der Waals surface area contributed by atoms with Crippen LogP contribution < -0.4 is 16.6 Å². The number of amides is 1. The minimum atomic E-state index is -4.58. The molecular weight excluding hydrogens is 451 g/mol. The zero-order valence-electron chi connectivity index (χ0n) is 17.7. The van der Waals surface area contributed by atoms with E-state index in [9.17, 15) is 22.8 Å². The monoisotopic (exact) mass is 469 g/mol. The Morgan fingerprint density at radius 2 is 1.91 bits per heavy atom. The van der Waals surface area contributed by atoms with Gasteiger partial charge in [0.25, 0.3) is 11.5 Å². The SMILES string of the molecule is C[C@@H](NC(=O)c1ccc(=O)n(-c2cccc(-c3cnoc3)c2)n1)c1cc(N)cc(C(F)(F)F)c1. The molecule has 0 saturated heterocycles. The predicted octanol–water partition coefficient (Wildman–Crippen LogP) is 3.98. The molecule has 0 aliphatic heterocycles. The highest BCUT2D eigenvalue weighted by atomic mass is 19.4. The number of rotatable bonds is 5. The van der Waals surface area contributed by atoms with Gasteiger partial charge < -0.3 is 15.6 Å². The Labute approximate surface area is 190 Å². The molecule has 1 atom stereocenters. The zero-order valence-corrected chi connectivity index (χ0v) is 17.7. The van der Waals surface area contributed by atoms with E-state index >= 15 is 0 Å². The number of anilines is 1. The molecule has 0 unspecified atom stereocenters. The topological polar surface area (TPSA) is 116 Å². The van der Waals surface area contributed by atoms with Crippen molar-refractivity contribution in [1.29, 1.82) is 0 Å². The summed E-state index contributed by atoms with van der Waals surface area (Å²) in [6.45, 7) is 1.52. The van der Waals surface area contributed by atoms with E-state index in [2.05, 4.69) is 15.6 Å². The first kappa shape index (κ1) is 22.8. The third-order valence-corrected chi connectivity index (χ3v) is 5.04. The van der Waals surface area contributed by atoms with Crippen LogP contribution in [0.1, 0.15) is 34.6 Å². The van der Waals surface area contributed by atoms with Gasteiger partial charge in [-0.1, -0.05) is 17.3 Å². The fraction of sp³-hybridized carbons (Fsp3) is 0.130. The highest BCUT2D eigenvalue weighted by Crippen LogP contribution is 2.32. The number of halogens is 3. The van der Waals surface area contributed by atoms with Gasteiger partial charge in [-0.15, -0.1) is 0 Å². The van der Waals surface area contributed by atoms with Crippen molar-refractivity contribution in [2.45, 2.75) is 19.1 Å². The molecule has 0 bridgehead atoms. The molecule has 4 rings (SSSR count). The van der Waals surface area contributed by atoms with Crippen molar-refractivity contribution < 1.29 is 22.5 Å². The van der Waals surface area contributed by atoms with E-state index < -0.39 is 29.2 Å². The molecule has 0 radical (unpaired) electrons. The van der Waals surface area contributed by atoms with Gasteiger partial charge in [-0.05, 0) is 54.4 Å². The van der Waals surface area contributed by atoms with Crippen molar-refractivity contribution in [3.8, 4) is 16.8 Å². The van der Waals surface area contributed by atoms with Crippen molar-refractivity contribution in [2.24, 2.45) is 0 Å². The van der Waals surface area contributed by atoms with Crippen LogP contribution in [-0.4, -0.2) is 20.8 Å². The number of benzene rings is 2. The van der Waals surface area contributed by atoms with Crippen molar-refractivity contribution in [3.05, 3.63) is 94.2 Å². The van der Waals surface area contributed by atoms with Crippen LogP contribution in [0.15, 0.2) is 76.4 Å². The average Bonchev–Trinajstić information content (AvgIpc) is 3.33. The molecule has 0 spiro atoms. The highest BCUT2D eigenvalue weighted by Gasteiger charge is 2.31. The Balaban J connectivity index is 1.60. The summed E-state index contributed by atoms with van der Waals surface area (Å²) in [6, 6.07) is 11.5. The lowest BCUT2D eigenvalue weighted by atomic mass is 10.0. The third-order valence-electron chi connectivity index (χ3n) is 5.04. The summed E-state index contributed by atoms with van der Waals surface area (Å²) in [5.74, 6) is -0.674. The molecule has 8 nitrogen and oxygen atoms in total. The van der Waals surface area contributed by atoms with E-state index in [0.29, 0.717) is 11.3 Å². The maximum absolute atomic E-state index is 13.1. The number of hydrogen-bond acceptors (Lipinski definition) is 6. The lowest BCUT2D eigenvalue weighted by molar-refractivity contribution is -0.137. The van der Waals surface area contributed by atoms with E-state index in [-0.39, 0.29) is 16.9 Å². The molecule has 2 heterocycles.